The SMILES string of the molecule is CN=C(NCc1nnc2ccccn12)NCC(C)(C)c1ccc(C)cc1.I. The summed E-state index contributed by atoms with van der Waals surface area (Å²) >= 11 is 0. The summed E-state index contributed by atoms with van der Waals surface area (Å²) in [6.07, 6.45) is 1.96. The minimum Gasteiger partial charge on any atom is -0.356 e. The molecule has 0 aliphatic rings. The van der Waals surface area contributed by atoms with Crippen molar-refractivity contribution in [3.63, 3.8) is 0 Å². The first-order chi connectivity index (χ1) is 12.5. The van der Waals surface area contributed by atoms with E-state index in [4.69, 9.17) is 0 Å². The lowest BCUT2D eigenvalue weighted by atomic mass is 9.84. The van der Waals surface area contributed by atoms with Crippen LogP contribution in [0.15, 0.2) is 53.7 Å². The molecular formula is C20H27IN6. The van der Waals surface area contributed by atoms with Gasteiger partial charge < -0.3 is 10.6 Å². The zero-order valence-corrected chi connectivity index (χ0v) is 18.6. The number of aryl methyl sites for hydroxylation is 1. The molecule has 0 radical (unpaired) electrons. The second kappa shape index (κ2) is 9.16. The highest BCUT2D eigenvalue weighted by Crippen LogP contribution is 2.22. The Morgan fingerprint density at radius 3 is 2.52 bits per heavy atom. The van der Waals surface area contributed by atoms with Crippen molar-refractivity contribution in [1.29, 1.82) is 0 Å². The van der Waals surface area contributed by atoms with Gasteiger partial charge in [0.15, 0.2) is 17.4 Å². The highest BCUT2D eigenvalue weighted by Gasteiger charge is 2.20. The maximum absolute atomic E-state index is 4.32. The number of aliphatic imine (C=N–C) groups is 1. The van der Waals surface area contributed by atoms with Gasteiger partial charge in [0.2, 0.25) is 0 Å². The van der Waals surface area contributed by atoms with Crippen LogP contribution in [-0.2, 0) is 12.0 Å². The lowest BCUT2D eigenvalue weighted by Gasteiger charge is -2.27. The summed E-state index contributed by atoms with van der Waals surface area (Å²) in [4.78, 5) is 4.32. The summed E-state index contributed by atoms with van der Waals surface area (Å²) in [5, 5.41) is 15.1. The Kier molecular flexibility index (Phi) is 7.18. The molecule has 2 heterocycles. The summed E-state index contributed by atoms with van der Waals surface area (Å²) in [5.74, 6) is 1.60. The number of fused-ring (bicyclic) bond motifs is 1. The van der Waals surface area contributed by atoms with Crippen LogP contribution in [0.1, 0.15) is 30.8 Å². The fourth-order valence-electron chi connectivity index (χ4n) is 2.81. The van der Waals surface area contributed by atoms with Crippen molar-refractivity contribution >= 4 is 35.6 Å². The van der Waals surface area contributed by atoms with Crippen molar-refractivity contribution in [2.24, 2.45) is 4.99 Å². The van der Waals surface area contributed by atoms with E-state index in [1.54, 1.807) is 7.05 Å². The summed E-state index contributed by atoms with van der Waals surface area (Å²) in [6, 6.07) is 14.5. The molecule has 2 aromatic heterocycles. The summed E-state index contributed by atoms with van der Waals surface area (Å²) in [7, 11) is 1.77. The topological polar surface area (TPSA) is 66.6 Å². The van der Waals surface area contributed by atoms with Crippen LogP contribution in [0.25, 0.3) is 5.65 Å². The van der Waals surface area contributed by atoms with Gasteiger partial charge in [-0.15, -0.1) is 34.2 Å². The number of nitrogens with one attached hydrogen (secondary N) is 2. The van der Waals surface area contributed by atoms with Crippen molar-refractivity contribution in [1.82, 2.24) is 25.2 Å². The maximum Gasteiger partial charge on any atom is 0.191 e. The average molecular weight is 478 g/mol. The van der Waals surface area contributed by atoms with Gasteiger partial charge in [0.25, 0.3) is 0 Å². The fourth-order valence-corrected chi connectivity index (χ4v) is 2.81. The largest absolute Gasteiger partial charge is 0.356 e. The monoisotopic (exact) mass is 478 g/mol. The fraction of sp³-hybridized carbons (Fsp3) is 0.350. The zero-order chi connectivity index (χ0) is 18.6. The predicted octanol–water partition coefficient (Wildman–Crippen LogP) is 3.30. The Morgan fingerprint density at radius 2 is 1.81 bits per heavy atom. The molecule has 0 spiro atoms. The number of halogens is 1. The lowest BCUT2D eigenvalue weighted by molar-refractivity contribution is 0.508. The molecule has 0 amide bonds. The van der Waals surface area contributed by atoms with Gasteiger partial charge >= 0.3 is 0 Å². The molecule has 3 aromatic rings. The smallest absolute Gasteiger partial charge is 0.191 e. The van der Waals surface area contributed by atoms with E-state index in [9.17, 15) is 0 Å². The summed E-state index contributed by atoms with van der Waals surface area (Å²) in [6.45, 7) is 7.88. The minimum absolute atomic E-state index is 0. The van der Waals surface area contributed by atoms with Crippen molar-refractivity contribution < 1.29 is 0 Å². The molecule has 0 aliphatic carbocycles. The van der Waals surface area contributed by atoms with Crippen LogP contribution in [0.5, 0.6) is 0 Å². The summed E-state index contributed by atoms with van der Waals surface area (Å²) in [5.41, 5.74) is 3.41. The number of aromatic nitrogens is 3. The van der Waals surface area contributed by atoms with Crippen LogP contribution in [0.3, 0.4) is 0 Å². The van der Waals surface area contributed by atoms with Gasteiger partial charge in [0.05, 0.1) is 6.54 Å². The van der Waals surface area contributed by atoms with E-state index in [1.807, 2.05) is 28.8 Å². The maximum atomic E-state index is 4.32. The molecule has 144 valence electrons. The predicted molar refractivity (Wildman–Crippen MR) is 121 cm³/mol. The Hall–Kier alpha value is -2.16. The van der Waals surface area contributed by atoms with Gasteiger partial charge in [-0.1, -0.05) is 49.7 Å². The average Bonchev–Trinajstić information content (AvgIpc) is 3.05. The highest BCUT2D eigenvalue weighted by molar-refractivity contribution is 14.0. The first-order valence-corrected chi connectivity index (χ1v) is 8.80. The molecule has 0 saturated heterocycles. The van der Waals surface area contributed by atoms with Crippen LogP contribution >= 0.6 is 24.0 Å². The molecule has 6 nitrogen and oxygen atoms in total. The standard InChI is InChI=1S/C20H26N6.HI/c1-15-8-10-16(11-9-15)20(2,3)14-23-19(21-4)22-13-18-25-24-17-7-5-6-12-26(17)18;/h5-12H,13-14H2,1-4H3,(H2,21,22,23);1H. The third-order valence-electron chi connectivity index (χ3n) is 4.55. The van der Waals surface area contributed by atoms with E-state index >= 15 is 0 Å². The molecule has 1 aromatic carbocycles. The van der Waals surface area contributed by atoms with Crippen LogP contribution < -0.4 is 10.6 Å². The number of rotatable bonds is 5. The number of nitrogens with zero attached hydrogens (tertiary/aromatic N) is 4. The van der Waals surface area contributed by atoms with E-state index in [1.165, 1.54) is 11.1 Å². The van der Waals surface area contributed by atoms with Crippen LogP contribution in [0.2, 0.25) is 0 Å². The second-order valence-corrected chi connectivity index (χ2v) is 7.07. The summed E-state index contributed by atoms with van der Waals surface area (Å²) < 4.78 is 1.97. The van der Waals surface area contributed by atoms with Gasteiger partial charge in [-0.3, -0.25) is 9.39 Å². The van der Waals surface area contributed by atoms with Crippen LogP contribution in [-0.4, -0.2) is 34.2 Å². The molecule has 0 atom stereocenters. The molecule has 0 bridgehead atoms. The van der Waals surface area contributed by atoms with Crippen molar-refractivity contribution in [3.8, 4) is 0 Å². The molecule has 0 aliphatic heterocycles. The van der Waals surface area contributed by atoms with E-state index in [-0.39, 0.29) is 29.4 Å². The van der Waals surface area contributed by atoms with Crippen LogP contribution in [0, 0.1) is 6.92 Å². The Bertz CT molecular complexity index is 898. The molecular weight excluding hydrogens is 451 g/mol. The molecule has 7 heteroatoms. The quantitative estimate of drug-likeness (QED) is 0.336. The van der Waals surface area contributed by atoms with Crippen LogP contribution in [0.4, 0.5) is 0 Å². The molecule has 0 unspecified atom stereocenters. The molecule has 2 N–H and O–H groups in total. The first-order valence-electron chi connectivity index (χ1n) is 8.80. The molecule has 0 saturated carbocycles. The number of benzene rings is 1. The lowest BCUT2D eigenvalue weighted by Crippen LogP contribution is -2.43. The van der Waals surface area contributed by atoms with Gasteiger partial charge in [-0.05, 0) is 24.6 Å². The Labute approximate surface area is 177 Å². The second-order valence-electron chi connectivity index (χ2n) is 7.07. The minimum atomic E-state index is -0.00706. The Balaban J connectivity index is 0.00000261. The molecule has 3 rings (SSSR count). The van der Waals surface area contributed by atoms with E-state index in [0.29, 0.717) is 6.54 Å². The van der Waals surface area contributed by atoms with Gasteiger partial charge in [0, 0.05) is 25.2 Å². The normalized spacial score (nSPS) is 11.9. The van der Waals surface area contributed by atoms with Gasteiger partial charge in [-0.25, -0.2) is 0 Å². The number of hydrogen-bond acceptors (Lipinski definition) is 3. The van der Waals surface area contributed by atoms with Gasteiger partial charge in [-0.2, -0.15) is 0 Å². The third kappa shape index (κ3) is 5.18. The number of pyridine rings is 1. The third-order valence-corrected chi connectivity index (χ3v) is 4.55. The number of guanidine groups is 1. The molecule has 27 heavy (non-hydrogen) atoms. The zero-order valence-electron chi connectivity index (χ0n) is 16.2. The van der Waals surface area contributed by atoms with Gasteiger partial charge in [0.1, 0.15) is 0 Å². The molecule has 0 fully saturated rings. The van der Waals surface area contributed by atoms with E-state index in [0.717, 1.165) is 24.0 Å². The van der Waals surface area contributed by atoms with Crippen molar-refractivity contribution in [2.45, 2.75) is 32.7 Å². The Morgan fingerprint density at radius 1 is 1.07 bits per heavy atom. The highest BCUT2D eigenvalue weighted by atomic mass is 127. The van der Waals surface area contributed by atoms with Crippen molar-refractivity contribution in [2.75, 3.05) is 13.6 Å². The number of hydrogen-bond donors (Lipinski definition) is 2. The van der Waals surface area contributed by atoms with Crippen molar-refractivity contribution in [3.05, 3.63) is 65.6 Å². The first kappa shape index (κ1) is 21.1. The van der Waals surface area contributed by atoms with E-state index in [2.05, 4.69) is 70.9 Å². The van der Waals surface area contributed by atoms with E-state index < -0.39 is 0 Å².